The molecule has 1 fully saturated rings. The lowest BCUT2D eigenvalue weighted by atomic mass is 10.0. The van der Waals surface area contributed by atoms with Crippen molar-refractivity contribution in [1.82, 2.24) is 5.32 Å². The molecule has 1 saturated heterocycles. The van der Waals surface area contributed by atoms with E-state index in [-0.39, 0.29) is 6.61 Å². The van der Waals surface area contributed by atoms with Crippen LogP contribution in [0.15, 0.2) is 24.3 Å². The molecule has 2 rings (SSSR count). The van der Waals surface area contributed by atoms with Crippen LogP contribution in [0.1, 0.15) is 6.42 Å². The predicted molar refractivity (Wildman–Crippen MR) is 77.8 cm³/mol. The standard InChI is InChI=1S/C15H23NO5/c1-19-13-2-4-14(5-3-13)21-9-12(17)8-16-10-15(18)6-7-20-11-15/h2-5,12,16-18H,6-11H2,1H3. The van der Waals surface area contributed by atoms with Gasteiger partial charge in [-0.3, -0.25) is 0 Å². The second-order valence-corrected chi connectivity index (χ2v) is 5.30. The van der Waals surface area contributed by atoms with Crippen LogP contribution in [0, 0.1) is 0 Å². The van der Waals surface area contributed by atoms with Crippen LogP contribution in [0.25, 0.3) is 0 Å². The summed E-state index contributed by atoms with van der Waals surface area (Å²) < 4.78 is 15.7. The highest BCUT2D eigenvalue weighted by atomic mass is 16.5. The van der Waals surface area contributed by atoms with Crippen LogP contribution in [0.2, 0.25) is 0 Å². The minimum Gasteiger partial charge on any atom is -0.497 e. The molecule has 1 aliphatic heterocycles. The van der Waals surface area contributed by atoms with Gasteiger partial charge in [-0.15, -0.1) is 0 Å². The molecule has 0 saturated carbocycles. The zero-order valence-electron chi connectivity index (χ0n) is 12.2. The fraction of sp³-hybridized carbons (Fsp3) is 0.600. The van der Waals surface area contributed by atoms with Gasteiger partial charge in [0.2, 0.25) is 0 Å². The molecule has 6 heteroatoms. The molecule has 1 aliphatic rings. The third-order valence-corrected chi connectivity index (χ3v) is 3.42. The quantitative estimate of drug-likeness (QED) is 0.635. The van der Waals surface area contributed by atoms with Crippen LogP contribution in [-0.2, 0) is 4.74 Å². The first-order valence-corrected chi connectivity index (χ1v) is 7.07. The number of nitrogens with one attached hydrogen (secondary N) is 1. The van der Waals surface area contributed by atoms with Crippen molar-refractivity contribution < 1.29 is 24.4 Å². The highest BCUT2D eigenvalue weighted by Crippen LogP contribution is 2.18. The van der Waals surface area contributed by atoms with Crippen molar-refractivity contribution >= 4 is 0 Å². The minimum absolute atomic E-state index is 0.189. The molecule has 0 bridgehead atoms. The van der Waals surface area contributed by atoms with Gasteiger partial charge in [0.25, 0.3) is 0 Å². The summed E-state index contributed by atoms with van der Waals surface area (Å²) in [6.07, 6.45) is -0.0173. The van der Waals surface area contributed by atoms with Crippen molar-refractivity contribution in [3.63, 3.8) is 0 Å². The Morgan fingerprint density at radius 2 is 2.05 bits per heavy atom. The maximum absolute atomic E-state index is 10.0. The molecule has 0 aromatic heterocycles. The van der Waals surface area contributed by atoms with E-state index in [0.717, 1.165) is 5.75 Å². The van der Waals surface area contributed by atoms with Crippen LogP contribution < -0.4 is 14.8 Å². The maximum atomic E-state index is 10.0. The summed E-state index contributed by atoms with van der Waals surface area (Å²) in [4.78, 5) is 0. The number of benzene rings is 1. The molecular weight excluding hydrogens is 274 g/mol. The lowest BCUT2D eigenvalue weighted by Crippen LogP contribution is -2.44. The van der Waals surface area contributed by atoms with E-state index in [9.17, 15) is 10.2 Å². The highest BCUT2D eigenvalue weighted by molar-refractivity contribution is 5.31. The van der Waals surface area contributed by atoms with Crippen LogP contribution in [0.3, 0.4) is 0 Å². The zero-order chi connectivity index (χ0) is 15.1. The second kappa shape index (κ2) is 7.61. The van der Waals surface area contributed by atoms with E-state index >= 15 is 0 Å². The summed E-state index contributed by atoms with van der Waals surface area (Å²) in [6, 6.07) is 7.18. The van der Waals surface area contributed by atoms with Crippen LogP contribution in [0.4, 0.5) is 0 Å². The lowest BCUT2D eigenvalue weighted by molar-refractivity contribution is 0.0226. The van der Waals surface area contributed by atoms with E-state index in [4.69, 9.17) is 14.2 Å². The van der Waals surface area contributed by atoms with Gasteiger partial charge in [-0.25, -0.2) is 0 Å². The Labute approximate surface area is 124 Å². The molecule has 2 unspecified atom stereocenters. The van der Waals surface area contributed by atoms with Crippen molar-refractivity contribution in [2.24, 2.45) is 0 Å². The highest BCUT2D eigenvalue weighted by Gasteiger charge is 2.31. The van der Waals surface area contributed by atoms with E-state index in [1.54, 1.807) is 31.4 Å². The van der Waals surface area contributed by atoms with Crippen LogP contribution in [-0.4, -0.2) is 61.9 Å². The normalized spacial score (nSPS) is 23.0. The van der Waals surface area contributed by atoms with Gasteiger partial charge in [0.15, 0.2) is 0 Å². The smallest absolute Gasteiger partial charge is 0.119 e. The van der Waals surface area contributed by atoms with Crippen molar-refractivity contribution in [3.8, 4) is 11.5 Å². The first kappa shape index (κ1) is 16.0. The van der Waals surface area contributed by atoms with Gasteiger partial charge in [0, 0.05) is 26.1 Å². The molecule has 6 nitrogen and oxygen atoms in total. The molecule has 0 spiro atoms. The van der Waals surface area contributed by atoms with E-state index in [1.807, 2.05) is 0 Å². The third kappa shape index (κ3) is 5.17. The molecule has 0 amide bonds. The summed E-state index contributed by atoms with van der Waals surface area (Å²) >= 11 is 0. The topological polar surface area (TPSA) is 80.2 Å². The van der Waals surface area contributed by atoms with E-state index < -0.39 is 11.7 Å². The first-order chi connectivity index (χ1) is 10.1. The monoisotopic (exact) mass is 297 g/mol. The molecule has 1 heterocycles. The van der Waals surface area contributed by atoms with Crippen molar-refractivity contribution in [2.75, 3.05) is 40.0 Å². The number of rotatable bonds is 8. The van der Waals surface area contributed by atoms with Crippen molar-refractivity contribution in [3.05, 3.63) is 24.3 Å². The minimum atomic E-state index is -0.809. The second-order valence-electron chi connectivity index (χ2n) is 5.30. The molecule has 118 valence electrons. The molecule has 0 aliphatic carbocycles. The maximum Gasteiger partial charge on any atom is 0.119 e. The third-order valence-electron chi connectivity index (χ3n) is 3.42. The molecular formula is C15H23NO5. The first-order valence-electron chi connectivity index (χ1n) is 7.07. The molecule has 3 N–H and O–H groups in total. The molecule has 0 radical (unpaired) electrons. The Bertz CT molecular complexity index is 417. The largest absolute Gasteiger partial charge is 0.497 e. The number of aliphatic hydroxyl groups excluding tert-OH is 1. The predicted octanol–water partition coefficient (Wildman–Crippen LogP) is 0.176. The molecule has 21 heavy (non-hydrogen) atoms. The Morgan fingerprint density at radius 1 is 1.33 bits per heavy atom. The Hall–Kier alpha value is -1.34. The SMILES string of the molecule is COc1ccc(OCC(O)CNCC2(O)CCOC2)cc1. The fourth-order valence-corrected chi connectivity index (χ4v) is 2.13. The van der Waals surface area contributed by atoms with Gasteiger partial charge < -0.3 is 29.7 Å². The summed E-state index contributed by atoms with van der Waals surface area (Å²) in [5, 5.41) is 22.9. The summed E-state index contributed by atoms with van der Waals surface area (Å²) in [5.74, 6) is 1.44. The number of methoxy groups -OCH3 is 1. The number of ether oxygens (including phenoxy) is 3. The van der Waals surface area contributed by atoms with Gasteiger partial charge in [-0.1, -0.05) is 0 Å². The average Bonchev–Trinajstić information content (AvgIpc) is 2.92. The lowest BCUT2D eigenvalue weighted by Gasteiger charge is -2.22. The van der Waals surface area contributed by atoms with E-state index in [0.29, 0.717) is 38.5 Å². The molecule has 2 atom stereocenters. The Balaban J connectivity index is 1.63. The number of aliphatic hydroxyl groups is 2. The summed E-state index contributed by atoms with van der Waals surface area (Å²) in [5.41, 5.74) is -0.809. The van der Waals surface area contributed by atoms with Gasteiger partial charge in [-0.05, 0) is 24.3 Å². The summed E-state index contributed by atoms with van der Waals surface area (Å²) in [7, 11) is 1.61. The average molecular weight is 297 g/mol. The van der Waals surface area contributed by atoms with Crippen molar-refractivity contribution in [2.45, 2.75) is 18.1 Å². The van der Waals surface area contributed by atoms with E-state index in [2.05, 4.69) is 5.32 Å². The molecule has 1 aromatic rings. The number of hydrogen-bond acceptors (Lipinski definition) is 6. The van der Waals surface area contributed by atoms with Gasteiger partial charge in [-0.2, -0.15) is 0 Å². The Kier molecular flexibility index (Phi) is 5.81. The zero-order valence-corrected chi connectivity index (χ0v) is 12.2. The van der Waals surface area contributed by atoms with Gasteiger partial charge in [0.05, 0.1) is 13.7 Å². The molecule has 1 aromatic carbocycles. The fourth-order valence-electron chi connectivity index (χ4n) is 2.13. The number of hydrogen-bond donors (Lipinski definition) is 3. The summed E-state index contributed by atoms with van der Waals surface area (Å²) in [6.45, 7) is 1.89. The van der Waals surface area contributed by atoms with Gasteiger partial charge in [0.1, 0.15) is 29.8 Å². The van der Waals surface area contributed by atoms with Crippen LogP contribution in [0.5, 0.6) is 11.5 Å². The Morgan fingerprint density at radius 3 is 2.67 bits per heavy atom. The van der Waals surface area contributed by atoms with Crippen LogP contribution >= 0.6 is 0 Å². The van der Waals surface area contributed by atoms with Gasteiger partial charge >= 0.3 is 0 Å². The van der Waals surface area contributed by atoms with E-state index in [1.165, 1.54) is 0 Å². The van der Waals surface area contributed by atoms with Crippen molar-refractivity contribution in [1.29, 1.82) is 0 Å².